The second-order valence-electron chi connectivity index (χ2n) is 8.74. The Labute approximate surface area is 223 Å². The van der Waals surface area contributed by atoms with Crippen LogP contribution in [0.5, 0.6) is 5.88 Å². The van der Waals surface area contributed by atoms with Crippen molar-refractivity contribution in [3.8, 4) is 5.88 Å². The standard InChI is InChI=1S/C19H24N4O3.2C2HF3O2/c1-14-4-3-5-16(22-14)9-26-12-19-10-23(7-15(19)8-25-11-19)17-6-18(24-2)21-13-20-17;2*3-2(4,5)1(6)7/h3-6,13,15H,7-12H2,1-2H3;2*(H,6,7)/t15-,19+;;/m1../s1. The number of carboxylic acid groups (broad SMARTS) is 2. The van der Waals surface area contributed by atoms with Gasteiger partial charge in [0.1, 0.15) is 12.1 Å². The van der Waals surface area contributed by atoms with Crippen LogP contribution in [0.2, 0.25) is 0 Å². The molecule has 4 rings (SSSR count). The molecule has 0 saturated carbocycles. The number of hydrogen-bond donors (Lipinski definition) is 2. The van der Waals surface area contributed by atoms with Gasteiger partial charge in [0.05, 0.1) is 39.2 Å². The molecule has 2 aromatic heterocycles. The van der Waals surface area contributed by atoms with E-state index in [1.807, 2.05) is 31.2 Å². The highest BCUT2D eigenvalue weighted by atomic mass is 19.4. The number of carbonyl (C=O) groups is 2. The van der Waals surface area contributed by atoms with Crippen LogP contribution >= 0.6 is 0 Å². The lowest BCUT2D eigenvalue weighted by Crippen LogP contribution is -2.35. The fourth-order valence-corrected chi connectivity index (χ4v) is 3.86. The quantitative estimate of drug-likeness (QED) is 0.484. The lowest BCUT2D eigenvalue weighted by molar-refractivity contribution is -0.193. The number of carboxylic acids is 2. The molecule has 0 bridgehead atoms. The molecule has 2 aliphatic heterocycles. The number of aliphatic carboxylic acids is 2. The molecule has 11 nitrogen and oxygen atoms in total. The number of methoxy groups -OCH3 is 1. The number of aromatic nitrogens is 3. The Morgan fingerprint density at radius 1 is 1.12 bits per heavy atom. The van der Waals surface area contributed by atoms with E-state index in [1.54, 1.807) is 13.4 Å². The predicted octanol–water partition coefficient (Wildman–Crippen LogP) is 3.12. The number of ether oxygens (including phenoxy) is 3. The summed E-state index contributed by atoms with van der Waals surface area (Å²) in [5.74, 6) is -3.60. The Hall–Kier alpha value is -3.73. The molecule has 4 heterocycles. The molecule has 0 aliphatic carbocycles. The molecule has 17 heteroatoms. The first kappa shape index (κ1) is 32.5. The van der Waals surface area contributed by atoms with E-state index in [2.05, 4.69) is 19.9 Å². The van der Waals surface area contributed by atoms with Crippen molar-refractivity contribution >= 4 is 17.8 Å². The van der Waals surface area contributed by atoms with Gasteiger partial charge in [-0.2, -0.15) is 26.3 Å². The van der Waals surface area contributed by atoms with Gasteiger partial charge in [0, 0.05) is 36.2 Å². The molecule has 2 aliphatic rings. The summed E-state index contributed by atoms with van der Waals surface area (Å²) in [6.45, 7) is 6.44. The summed E-state index contributed by atoms with van der Waals surface area (Å²) >= 11 is 0. The Bertz CT molecular complexity index is 1130. The summed E-state index contributed by atoms with van der Waals surface area (Å²) in [6, 6.07) is 7.89. The molecule has 2 saturated heterocycles. The monoisotopic (exact) mass is 584 g/mol. The average molecular weight is 584 g/mol. The Kier molecular flexibility index (Phi) is 11.0. The van der Waals surface area contributed by atoms with E-state index in [9.17, 15) is 26.3 Å². The van der Waals surface area contributed by atoms with E-state index >= 15 is 0 Å². The summed E-state index contributed by atoms with van der Waals surface area (Å²) in [7, 11) is 1.62. The third-order valence-electron chi connectivity index (χ3n) is 5.75. The maximum atomic E-state index is 10.6. The van der Waals surface area contributed by atoms with E-state index in [-0.39, 0.29) is 5.41 Å². The van der Waals surface area contributed by atoms with Crippen LogP contribution in [0.15, 0.2) is 30.6 Å². The van der Waals surface area contributed by atoms with Crippen LogP contribution in [0.4, 0.5) is 32.2 Å². The minimum absolute atomic E-state index is 0.00199. The fraction of sp³-hybridized carbons (Fsp3) is 0.522. The minimum Gasteiger partial charge on any atom is -0.481 e. The van der Waals surface area contributed by atoms with E-state index in [4.69, 9.17) is 34.0 Å². The first-order valence-corrected chi connectivity index (χ1v) is 11.4. The molecule has 222 valence electrons. The molecule has 0 aromatic carbocycles. The topological polar surface area (TPSA) is 144 Å². The highest BCUT2D eigenvalue weighted by molar-refractivity contribution is 5.73. The van der Waals surface area contributed by atoms with Gasteiger partial charge in [0.2, 0.25) is 5.88 Å². The molecular formula is C23H26F6N4O7. The molecule has 0 spiro atoms. The van der Waals surface area contributed by atoms with Crippen LogP contribution in [0, 0.1) is 18.3 Å². The highest BCUT2D eigenvalue weighted by Gasteiger charge is 2.51. The van der Waals surface area contributed by atoms with Crippen molar-refractivity contribution in [1.82, 2.24) is 15.0 Å². The number of rotatable bonds is 6. The van der Waals surface area contributed by atoms with Crippen molar-refractivity contribution in [2.45, 2.75) is 25.9 Å². The number of halogens is 6. The lowest BCUT2D eigenvalue weighted by Gasteiger charge is -2.27. The molecule has 2 N–H and O–H groups in total. The molecule has 40 heavy (non-hydrogen) atoms. The molecule has 2 atom stereocenters. The van der Waals surface area contributed by atoms with Gasteiger partial charge in [-0.15, -0.1) is 0 Å². The first-order valence-electron chi connectivity index (χ1n) is 11.4. The fourth-order valence-electron chi connectivity index (χ4n) is 3.86. The number of aryl methyl sites for hydroxylation is 1. The van der Waals surface area contributed by atoms with Crippen LogP contribution in [-0.4, -0.2) is 89.5 Å². The summed E-state index contributed by atoms with van der Waals surface area (Å²) in [5.41, 5.74) is 1.98. The Balaban J connectivity index is 0.000000333. The van der Waals surface area contributed by atoms with Gasteiger partial charge in [-0.1, -0.05) is 6.07 Å². The van der Waals surface area contributed by atoms with Gasteiger partial charge in [-0.05, 0) is 19.1 Å². The predicted molar refractivity (Wildman–Crippen MR) is 124 cm³/mol. The number of hydrogen-bond acceptors (Lipinski definition) is 9. The highest BCUT2D eigenvalue weighted by Crippen LogP contribution is 2.43. The second kappa shape index (κ2) is 13.6. The van der Waals surface area contributed by atoms with Crippen LogP contribution < -0.4 is 9.64 Å². The summed E-state index contributed by atoms with van der Waals surface area (Å²) < 4.78 is 80.5. The molecule has 2 aromatic rings. The number of anilines is 1. The molecule has 0 unspecified atom stereocenters. The van der Waals surface area contributed by atoms with Gasteiger partial charge in [0.15, 0.2) is 0 Å². The number of nitrogens with zero attached hydrogens (tertiary/aromatic N) is 4. The lowest BCUT2D eigenvalue weighted by atomic mass is 9.82. The second-order valence-corrected chi connectivity index (χ2v) is 8.74. The molecule has 0 amide bonds. The maximum Gasteiger partial charge on any atom is 0.490 e. The van der Waals surface area contributed by atoms with E-state index in [0.717, 1.165) is 43.5 Å². The van der Waals surface area contributed by atoms with E-state index < -0.39 is 24.3 Å². The first-order chi connectivity index (χ1) is 18.6. The average Bonchev–Trinajstić information content (AvgIpc) is 3.41. The zero-order chi connectivity index (χ0) is 30.1. The molecule has 2 fully saturated rings. The van der Waals surface area contributed by atoms with Crippen molar-refractivity contribution in [3.05, 3.63) is 42.0 Å². The number of pyridine rings is 1. The zero-order valence-corrected chi connectivity index (χ0v) is 21.2. The Morgan fingerprint density at radius 3 is 2.30 bits per heavy atom. The van der Waals surface area contributed by atoms with Crippen molar-refractivity contribution in [1.29, 1.82) is 0 Å². The van der Waals surface area contributed by atoms with Gasteiger partial charge < -0.3 is 29.3 Å². The van der Waals surface area contributed by atoms with E-state index in [0.29, 0.717) is 25.0 Å². The Morgan fingerprint density at radius 2 is 1.75 bits per heavy atom. The SMILES string of the molecule is COc1cc(N2C[C@@H]3COC[C@]3(COCc3cccc(C)n3)C2)ncn1.O=C(O)C(F)(F)F.O=C(O)C(F)(F)F. The van der Waals surface area contributed by atoms with Gasteiger partial charge >= 0.3 is 24.3 Å². The van der Waals surface area contributed by atoms with Crippen molar-refractivity contribution in [3.63, 3.8) is 0 Å². The van der Waals surface area contributed by atoms with Gasteiger partial charge in [0.25, 0.3) is 0 Å². The van der Waals surface area contributed by atoms with Crippen LogP contribution in [0.3, 0.4) is 0 Å². The minimum atomic E-state index is -5.08. The van der Waals surface area contributed by atoms with E-state index in [1.165, 1.54) is 0 Å². The third-order valence-corrected chi connectivity index (χ3v) is 5.75. The largest absolute Gasteiger partial charge is 0.490 e. The number of alkyl halides is 6. The van der Waals surface area contributed by atoms with Crippen molar-refractivity contribution in [2.75, 3.05) is 44.9 Å². The summed E-state index contributed by atoms with van der Waals surface area (Å²) in [6.07, 6.45) is -8.62. The molecular weight excluding hydrogens is 558 g/mol. The number of fused-ring (bicyclic) bond motifs is 1. The van der Waals surface area contributed by atoms with Crippen molar-refractivity contribution in [2.24, 2.45) is 11.3 Å². The summed E-state index contributed by atoms with van der Waals surface area (Å²) in [4.78, 5) is 33.1. The third kappa shape index (κ3) is 9.48. The van der Waals surface area contributed by atoms with Crippen molar-refractivity contribution < 1.29 is 60.4 Å². The van der Waals surface area contributed by atoms with Gasteiger partial charge in [-0.3, -0.25) is 4.98 Å². The van der Waals surface area contributed by atoms with Crippen LogP contribution in [0.1, 0.15) is 11.4 Å². The summed E-state index contributed by atoms with van der Waals surface area (Å²) in [5, 5.41) is 14.2. The molecule has 0 radical (unpaired) electrons. The zero-order valence-electron chi connectivity index (χ0n) is 21.2. The van der Waals surface area contributed by atoms with Gasteiger partial charge in [-0.25, -0.2) is 19.6 Å². The van der Waals surface area contributed by atoms with Crippen LogP contribution in [-0.2, 0) is 25.7 Å². The normalized spacial score (nSPS) is 20.0. The van der Waals surface area contributed by atoms with Crippen LogP contribution in [0.25, 0.3) is 0 Å². The maximum absolute atomic E-state index is 10.6. The smallest absolute Gasteiger partial charge is 0.481 e.